The predicted octanol–water partition coefficient (Wildman–Crippen LogP) is -0.0476. The Balaban J connectivity index is 2.12. The number of nitrogens with zero attached hydrogens (tertiary/aromatic N) is 1. The van der Waals surface area contributed by atoms with Crippen LogP contribution in [-0.2, 0) is 14.3 Å². The van der Waals surface area contributed by atoms with Crippen LogP contribution in [0.25, 0.3) is 0 Å². The van der Waals surface area contributed by atoms with Crippen molar-refractivity contribution >= 4 is 5.97 Å². The number of carbonyl (C=O) groups is 1. The van der Waals surface area contributed by atoms with Crippen LogP contribution >= 0.6 is 0 Å². The molecule has 0 aromatic heterocycles. The molecule has 2 fully saturated rings. The fraction of sp³-hybridized carbons (Fsp3) is 0.900. The topological polar surface area (TPSA) is 59.0 Å². The van der Waals surface area contributed by atoms with Crippen LogP contribution in [0.3, 0.4) is 0 Å². The van der Waals surface area contributed by atoms with Crippen LogP contribution < -0.4 is 0 Å². The quantitative estimate of drug-likeness (QED) is 0.700. The molecule has 0 radical (unpaired) electrons. The molecule has 86 valence electrons. The standard InChI is InChI=1S/C10H17NO4/c12-9(13)10(2-1-5-15-8-10)11-3-6-14-7-4-11/h1-8H2,(H,12,13). The summed E-state index contributed by atoms with van der Waals surface area (Å²) in [6, 6.07) is 0. The summed E-state index contributed by atoms with van der Waals surface area (Å²) in [5, 5.41) is 9.38. The third-order valence-corrected chi connectivity index (χ3v) is 3.23. The number of rotatable bonds is 2. The van der Waals surface area contributed by atoms with Gasteiger partial charge in [0, 0.05) is 19.7 Å². The summed E-state index contributed by atoms with van der Waals surface area (Å²) in [6.45, 7) is 3.61. The molecule has 0 amide bonds. The van der Waals surface area contributed by atoms with E-state index in [1.807, 2.05) is 4.90 Å². The Kier molecular flexibility index (Phi) is 3.23. The Labute approximate surface area is 89.0 Å². The summed E-state index contributed by atoms with van der Waals surface area (Å²) >= 11 is 0. The second-order valence-corrected chi connectivity index (χ2v) is 4.09. The van der Waals surface area contributed by atoms with E-state index in [1.54, 1.807) is 0 Å². The van der Waals surface area contributed by atoms with Crippen molar-refractivity contribution in [3.8, 4) is 0 Å². The van der Waals surface area contributed by atoms with E-state index in [4.69, 9.17) is 9.47 Å². The van der Waals surface area contributed by atoms with Crippen molar-refractivity contribution in [2.75, 3.05) is 39.5 Å². The zero-order valence-electron chi connectivity index (χ0n) is 8.78. The van der Waals surface area contributed by atoms with E-state index < -0.39 is 11.5 Å². The fourth-order valence-electron chi connectivity index (χ4n) is 2.32. The molecule has 1 atom stereocenters. The molecule has 0 spiro atoms. The van der Waals surface area contributed by atoms with Crippen molar-refractivity contribution < 1.29 is 19.4 Å². The number of hydrogen-bond donors (Lipinski definition) is 1. The van der Waals surface area contributed by atoms with Gasteiger partial charge in [-0.05, 0) is 12.8 Å². The van der Waals surface area contributed by atoms with Gasteiger partial charge in [0.2, 0.25) is 0 Å². The fourth-order valence-corrected chi connectivity index (χ4v) is 2.32. The summed E-state index contributed by atoms with van der Waals surface area (Å²) in [6.07, 6.45) is 1.51. The van der Waals surface area contributed by atoms with E-state index in [1.165, 1.54) is 0 Å². The molecule has 15 heavy (non-hydrogen) atoms. The molecule has 1 unspecified atom stereocenters. The lowest BCUT2D eigenvalue weighted by atomic mass is 9.90. The van der Waals surface area contributed by atoms with Gasteiger partial charge >= 0.3 is 5.97 Å². The maximum Gasteiger partial charge on any atom is 0.326 e. The highest BCUT2D eigenvalue weighted by Crippen LogP contribution is 2.27. The Morgan fingerprint density at radius 1 is 1.20 bits per heavy atom. The van der Waals surface area contributed by atoms with Crippen molar-refractivity contribution in [1.29, 1.82) is 0 Å². The number of aliphatic carboxylic acids is 1. The average molecular weight is 215 g/mol. The molecule has 0 saturated carbocycles. The summed E-state index contributed by atoms with van der Waals surface area (Å²) in [7, 11) is 0. The number of morpholine rings is 1. The van der Waals surface area contributed by atoms with Gasteiger partial charge < -0.3 is 14.6 Å². The largest absolute Gasteiger partial charge is 0.480 e. The molecule has 0 aromatic rings. The molecule has 2 aliphatic rings. The van der Waals surface area contributed by atoms with Crippen LogP contribution in [0, 0.1) is 0 Å². The van der Waals surface area contributed by atoms with Gasteiger partial charge in [-0.3, -0.25) is 9.69 Å². The molecular formula is C10H17NO4. The minimum absolute atomic E-state index is 0.308. The first-order chi connectivity index (χ1) is 7.26. The predicted molar refractivity (Wildman–Crippen MR) is 52.8 cm³/mol. The van der Waals surface area contributed by atoms with Gasteiger partial charge in [-0.15, -0.1) is 0 Å². The number of ether oxygens (including phenoxy) is 2. The van der Waals surface area contributed by atoms with Crippen molar-refractivity contribution in [2.24, 2.45) is 0 Å². The first-order valence-corrected chi connectivity index (χ1v) is 5.40. The highest BCUT2D eigenvalue weighted by molar-refractivity contribution is 5.79. The maximum atomic E-state index is 11.4. The van der Waals surface area contributed by atoms with Gasteiger partial charge in [-0.2, -0.15) is 0 Å². The minimum atomic E-state index is -0.804. The Hall–Kier alpha value is -0.650. The summed E-state index contributed by atoms with van der Waals surface area (Å²) in [4.78, 5) is 13.4. The summed E-state index contributed by atoms with van der Waals surface area (Å²) in [5.74, 6) is -0.760. The Morgan fingerprint density at radius 3 is 2.47 bits per heavy atom. The average Bonchev–Trinajstić information content (AvgIpc) is 2.31. The molecule has 2 saturated heterocycles. The van der Waals surface area contributed by atoms with Crippen LogP contribution in [0.1, 0.15) is 12.8 Å². The van der Waals surface area contributed by atoms with Gasteiger partial charge in [0.25, 0.3) is 0 Å². The molecule has 0 bridgehead atoms. The lowest BCUT2D eigenvalue weighted by Crippen LogP contribution is -2.62. The molecule has 2 heterocycles. The van der Waals surface area contributed by atoms with E-state index in [-0.39, 0.29) is 0 Å². The highest BCUT2D eigenvalue weighted by atomic mass is 16.5. The Morgan fingerprint density at radius 2 is 1.93 bits per heavy atom. The second kappa shape index (κ2) is 4.47. The second-order valence-electron chi connectivity index (χ2n) is 4.09. The Bertz CT molecular complexity index is 232. The van der Waals surface area contributed by atoms with E-state index in [0.717, 1.165) is 6.42 Å². The van der Waals surface area contributed by atoms with E-state index in [2.05, 4.69) is 0 Å². The zero-order valence-corrected chi connectivity index (χ0v) is 8.78. The van der Waals surface area contributed by atoms with Crippen molar-refractivity contribution in [3.05, 3.63) is 0 Å². The van der Waals surface area contributed by atoms with Crippen LogP contribution in [0.4, 0.5) is 0 Å². The van der Waals surface area contributed by atoms with E-state index >= 15 is 0 Å². The lowest BCUT2D eigenvalue weighted by molar-refractivity contribution is -0.166. The van der Waals surface area contributed by atoms with Crippen molar-refractivity contribution in [2.45, 2.75) is 18.4 Å². The lowest BCUT2D eigenvalue weighted by Gasteiger charge is -2.44. The molecule has 5 nitrogen and oxygen atoms in total. The van der Waals surface area contributed by atoms with Gasteiger partial charge in [0.1, 0.15) is 5.54 Å². The van der Waals surface area contributed by atoms with Crippen LogP contribution in [0.15, 0.2) is 0 Å². The third kappa shape index (κ3) is 2.00. The van der Waals surface area contributed by atoms with Gasteiger partial charge in [0.15, 0.2) is 0 Å². The summed E-state index contributed by atoms with van der Waals surface area (Å²) < 4.78 is 10.6. The van der Waals surface area contributed by atoms with Crippen molar-refractivity contribution in [3.63, 3.8) is 0 Å². The monoisotopic (exact) mass is 215 g/mol. The molecule has 5 heteroatoms. The molecular weight excluding hydrogens is 198 g/mol. The van der Waals surface area contributed by atoms with Crippen molar-refractivity contribution in [1.82, 2.24) is 4.90 Å². The molecule has 1 N–H and O–H groups in total. The van der Waals surface area contributed by atoms with Gasteiger partial charge in [-0.1, -0.05) is 0 Å². The number of carboxylic acid groups (broad SMARTS) is 1. The number of hydrogen-bond acceptors (Lipinski definition) is 4. The normalized spacial score (nSPS) is 33.9. The van der Waals surface area contributed by atoms with Crippen LogP contribution in [0.2, 0.25) is 0 Å². The van der Waals surface area contributed by atoms with Crippen LogP contribution in [-0.4, -0.2) is 61.0 Å². The summed E-state index contributed by atoms with van der Waals surface area (Å²) in [5.41, 5.74) is -0.804. The molecule has 0 aliphatic carbocycles. The van der Waals surface area contributed by atoms with E-state index in [9.17, 15) is 9.90 Å². The first-order valence-electron chi connectivity index (χ1n) is 5.40. The van der Waals surface area contributed by atoms with E-state index in [0.29, 0.717) is 45.9 Å². The highest BCUT2D eigenvalue weighted by Gasteiger charge is 2.46. The van der Waals surface area contributed by atoms with Gasteiger partial charge in [0.05, 0.1) is 19.8 Å². The third-order valence-electron chi connectivity index (χ3n) is 3.23. The van der Waals surface area contributed by atoms with Crippen LogP contribution in [0.5, 0.6) is 0 Å². The minimum Gasteiger partial charge on any atom is -0.480 e. The zero-order chi connectivity index (χ0) is 10.7. The molecule has 0 aromatic carbocycles. The SMILES string of the molecule is O=C(O)C1(N2CCOCC2)CCCOC1. The van der Waals surface area contributed by atoms with Gasteiger partial charge in [-0.25, -0.2) is 0 Å². The smallest absolute Gasteiger partial charge is 0.326 e. The first kappa shape index (κ1) is 10.9. The maximum absolute atomic E-state index is 11.4. The molecule has 2 rings (SSSR count). The molecule has 2 aliphatic heterocycles. The number of carboxylic acids is 1.